The van der Waals surface area contributed by atoms with E-state index in [2.05, 4.69) is 15.3 Å². The molecule has 0 saturated carbocycles. The Kier molecular flexibility index (Phi) is 5.01. The predicted molar refractivity (Wildman–Crippen MR) is 120 cm³/mol. The smallest absolute Gasteiger partial charge is 0.225 e. The number of imidazole rings is 1. The third kappa shape index (κ3) is 3.95. The molecule has 4 heterocycles. The molecule has 5 rings (SSSR count). The average Bonchev–Trinajstić information content (AvgIpc) is 3.36. The highest BCUT2D eigenvalue weighted by Gasteiger charge is 2.19. The van der Waals surface area contributed by atoms with Crippen molar-refractivity contribution in [2.75, 3.05) is 17.6 Å². The summed E-state index contributed by atoms with van der Waals surface area (Å²) in [6.07, 6.45) is 6.28. The highest BCUT2D eigenvalue weighted by molar-refractivity contribution is 7.15. The average molecular weight is 432 g/mol. The highest BCUT2D eigenvalue weighted by atomic mass is 32.1. The fraction of sp³-hybridized carbons (Fsp3) is 0.0909. The Hall–Kier alpha value is -3.85. The van der Waals surface area contributed by atoms with Gasteiger partial charge < -0.3 is 11.1 Å². The van der Waals surface area contributed by atoms with E-state index in [1.54, 1.807) is 30.6 Å². The third-order valence-electron chi connectivity index (χ3n) is 4.81. The van der Waals surface area contributed by atoms with Crippen LogP contribution < -0.4 is 11.1 Å². The maximum atomic E-state index is 13.4. The van der Waals surface area contributed by atoms with E-state index < -0.39 is 0 Å². The van der Waals surface area contributed by atoms with Gasteiger partial charge in [-0.25, -0.2) is 14.4 Å². The van der Waals surface area contributed by atoms with Gasteiger partial charge in [-0.3, -0.25) is 9.38 Å². The molecular weight excluding hydrogens is 413 g/mol. The van der Waals surface area contributed by atoms with Gasteiger partial charge >= 0.3 is 0 Å². The molecule has 0 saturated heterocycles. The predicted octanol–water partition coefficient (Wildman–Crippen LogP) is 4.29. The molecule has 0 amide bonds. The van der Waals surface area contributed by atoms with Crippen LogP contribution in [0, 0.1) is 5.82 Å². The Labute approximate surface area is 181 Å². The lowest BCUT2D eigenvalue weighted by atomic mass is 10.1. The minimum Gasteiger partial charge on any atom is -0.384 e. The Morgan fingerprint density at radius 2 is 1.84 bits per heavy atom. The third-order valence-corrected chi connectivity index (χ3v) is 5.57. The normalized spacial score (nSPS) is 11.1. The number of anilines is 2. The first kappa shape index (κ1) is 19.1. The molecule has 154 valence electrons. The highest BCUT2D eigenvalue weighted by Crippen LogP contribution is 2.34. The second kappa shape index (κ2) is 8.11. The lowest BCUT2D eigenvalue weighted by Gasteiger charge is -2.09. The van der Waals surface area contributed by atoms with E-state index in [-0.39, 0.29) is 5.82 Å². The first-order chi connectivity index (χ1) is 15.2. The SMILES string of the molecule is Nc1cc(-c2c(-c3ccc(F)cc3)nc3sccn23)nc(NCCc2ccncc2)n1. The molecule has 0 aliphatic rings. The fourth-order valence-corrected chi connectivity index (χ4v) is 4.09. The van der Waals surface area contributed by atoms with E-state index in [0.717, 1.165) is 22.6 Å². The Bertz CT molecular complexity index is 1330. The van der Waals surface area contributed by atoms with Crippen LogP contribution in [0.2, 0.25) is 0 Å². The maximum Gasteiger partial charge on any atom is 0.225 e. The molecule has 4 aromatic heterocycles. The van der Waals surface area contributed by atoms with Crippen molar-refractivity contribution in [1.29, 1.82) is 0 Å². The molecule has 0 spiro atoms. The topological polar surface area (TPSA) is 94.0 Å². The Balaban J connectivity index is 1.50. The van der Waals surface area contributed by atoms with E-state index in [0.29, 0.717) is 29.7 Å². The van der Waals surface area contributed by atoms with Crippen LogP contribution in [-0.4, -0.2) is 30.9 Å². The number of fused-ring (bicyclic) bond motifs is 1. The van der Waals surface area contributed by atoms with Crippen molar-refractivity contribution in [3.8, 4) is 22.6 Å². The van der Waals surface area contributed by atoms with E-state index in [1.807, 2.05) is 28.1 Å². The van der Waals surface area contributed by atoms with E-state index in [1.165, 1.54) is 29.0 Å². The zero-order valence-corrected chi connectivity index (χ0v) is 17.2. The summed E-state index contributed by atoms with van der Waals surface area (Å²) in [6, 6.07) is 11.9. The number of rotatable bonds is 6. The van der Waals surface area contributed by atoms with Crippen molar-refractivity contribution in [3.05, 3.63) is 77.8 Å². The number of nitrogens with zero attached hydrogens (tertiary/aromatic N) is 5. The lowest BCUT2D eigenvalue weighted by molar-refractivity contribution is 0.628. The maximum absolute atomic E-state index is 13.4. The molecule has 1 aromatic carbocycles. The molecule has 7 nitrogen and oxygen atoms in total. The second-order valence-electron chi connectivity index (χ2n) is 6.91. The number of nitrogen functional groups attached to an aromatic ring is 1. The van der Waals surface area contributed by atoms with Crippen LogP contribution in [-0.2, 0) is 6.42 Å². The lowest BCUT2D eigenvalue weighted by Crippen LogP contribution is -2.10. The minimum absolute atomic E-state index is 0.293. The van der Waals surface area contributed by atoms with Gasteiger partial charge in [0.15, 0.2) is 4.96 Å². The molecule has 0 atom stereocenters. The van der Waals surface area contributed by atoms with Crippen molar-refractivity contribution in [3.63, 3.8) is 0 Å². The second-order valence-corrected chi connectivity index (χ2v) is 7.78. The van der Waals surface area contributed by atoms with Crippen molar-refractivity contribution < 1.29 is 4.39 Å². The van der Waals surface area contributed by atoms with Gasteiger partial charge in [-0.1, -0.05) is 0 Å². The molecule has 0 aliphatic carbocycles. The molecule has 3 N–H and O–H groups in total. The van der Waals surface area contributed by atoms with Crippen molar-refractivity contribution in [2.45, 2.75) is 6.42 Å². The van der Waals surface area contributed by atoms with Crippen LogP contribution in [0.15, 0.2) is 66.4 Å². The number of hydrogen-bond acceptors (Lipinski definition) is 7. The molecular formula is C22H18FN7S. The van der Waals surface area contributed by atoms with Crippen LogP contribution in [0.1, 0.15) is 5.56 Å². The number of nitrogens with one attached hydrogen (secondary N) is 1. The molecule has 9 heteroatoms. The summed E-state index contributed by atoms with van der Waals surface area (Å²) >= 11 is 1.52. The number of thiazole rings is 1. The molecule has 5 aromatic rings. The van der Waals surface area contributed by atoms with Crippen LogP contribution in [0.5, 0.6) is 0 Å². The molecule has 0 aliphatic heterocycles. The zero-order valence-electron chi connectivity index (χ0n) is 16.4. The monoisotopic (exact) mass is 431 g/mol. The number of nitrogens with two attached hydrogens (primary N) is 1. The largest absolute Gasteiger partial charge is 0.384 e. The number of pyridine rings is 1. The summed E-state index contributed by atoms with van der Waals surface area (Å²) < 4.78 is 15.4. The number of aromatic nitrogens is 5. The molecule has 0 radical (unpaired) electrons. The summed E-state index contributed by atoms with van der Waals surface area (Å²) in [5.74, 6) is 0.504. The van der Waals surface area contributed by atoms with Gasteiger partial charge in [0.05, 0.1) is 11.4 Å². The quantitative estimate of drug-likeness (QED) is 0.417. The van der Waals surface area contributed by atoms with Gasteiger partial charge in [-0.2, -0.15) is 4.98 Å². The van der Waals surface area contributed by atoms with Gasteiger partial charge in [0.25, 0.3) is 0 Å². The van der Waals surface area contributed by atoms with Crippen molar-refractivity contribution >= 4 is 28.1 Å². The molecule has 31 heavy (non-hydrogen) atoms. The van der Waals surface area contributed by atoms with Gasteiger partial charge in [-0.05, 0) is 48.4 Å². The van der Waals surface area contributed by atoms with Crippen LogP contribution in [0.4, 0.5) is 16.2 Å². The number of halogens is 1. The van der Waals surface area contributed by atoms with Gasteiger partial charge in [-0.15, -0.1) is 11.3 Å². The van der Waals surface area contributed by atoms with E-state index >= 15 is 0 Å². The number of benzene rings is 1. The molecule has 0 unspecified atom stereocenters. The van der Waals surface area contributed by atoms with Crippen molar-refractivity contribution in [1.82, 2.24) is 24.3 Å². The first-order valence-electron chi connectivity index (χ1n) is 9.66. The number of hydrogen-bond donors (Lipinski definition) is 2. The standard InChI is InChI=1S/C22H18FN7S/c23-16-3-1-15(2-4-16)19-20(30-11-12-31-22(30)29-19)17-13-18(24)28-21(27-17)26-10-7-14-5-8-25-9-6-14/h1-6,8-9,11-13H,7,10H2,(H3,24,26,27,28). The molecule has 0 bridgehead atoms. The summed E-state index contributed by atoms with van der Waals surface area (Å²) in [7, 11) is 0. The molecule has 0 fully saturated rings. The van der Waals surface area contributed by atoms with E-state index in [4.69, 9.17) is 15.7 Å². The van der Waals surface area contributed by atoms with Crippen molar-refractivity contribution in [2.24, 2.45) is 0 Å². The van der Waals surface area contributed by atoms with Crippen LogP contribution >= 0.6 is 11.3 Å². The van der Waals surface area contributed by atoms with Crippen LogP contribution in [0.25, 0.3) is 27.6 Å². The van der Waals surface area contributed by atoms with Gasteiger partial charge in [0.1, 0.15) is 17.3 Å². The Morgan fingerprint density at radius 1 is 1.03 bits per heavy atom. The van der Waals surface area contributed by atoms with Gasteiger partial charge in [0, 0.05) is 42.1 Å². The Morgan fingerprint density at radius 3 is 2.65 bits per heavy atom. The summed E-state index contributed by atoms with van der Waals surface area (Å²) in [6.45, 7) is 0.651. The van der Waals surface area contributed by atoms with Crippen LogP contribution in [0.3, 0.4) is 0 Å². The summed E-state index contributed by atoms with van der Waals surface area (Å²) in [5.41, 5.74) is 10.2. The fourth-order valence-electron chi connectivity index (χ4n) is 3.37. The van der Waals surface area contributed by atoms with Gasteiger partial charge in [0.2, 0.25) is 5.95 Å². The van der Waals surface area contributed by atoms with E-state index in [9.17, 15) is 4.39 Å². The zero-order chi connectivity index (χ0) is 21.2. The summed E-state index contributed by atoms with van der Waals surface area (Å²) in [4.78, 5) is 18.6. The minimum atomic E-state index is -0.293. The summed E-state index contributed by atoms with van der Waals surface area (Å²) in [5, 5.41) is 5.20. The first-order valence-corrected chi connectivity index (χ1v) is 10.5.